The number of amides is 4. The molecule has 5 atom stereocenters. The molecule has 2 aliphatic heterocycles. The highest BCUT2D eigenvalue weighted by Crippen LogP contribution is 2.67. The Morgan fingerprint density at radius 2 is 1.90 bits per heavy atom. The smallest absolute Gasteiger partial charge is 0.289 e. The van der Waals surface area contributed by atoms with E-state index in [4.69, 9.17) is 0 Å². The first kappa shape index (κ1) is 26.3. The number of rotatable bonds is 9. The van der Waals surface area contributed by atoms with E-state index in [0.29, 0.717) is 23.7 Å². The standard InChI is InChI=1S/C30H33N5O5S/c36-24(27(39)32-18-6-7-18)21(12-17-8-11-31-25(17)37)33-26(38)23-20-13-19(14-30(20)9-10-30)35(23)29(40)28-34-22(15-41-28)16-4-2-1-3-5-16/h1-5,15,17-21,23H,6-14H2,(H,31,37)(H,32,39)(H,33,38)/t17-,19-,20-,21?,23-/m0/s1. The molecule has 1 unspecified atom stereocenters. The molecule has 2 aromatic rings. The monoisotopic (exact) mass is 575 g/mol. The number of hydrogen-bond donors (Lipinski definition) is 3. The second-order valence-electron chi connectivity index (χ2n) is 12.3. The maximum atomic E-state index is 14.0. The number of ketones is 1. The fraction of sp³-hybridized carbons (Fsp3) is 0.533. The van der Waals surface area contributed by atoms with Gasteiger partial charge < -0.3 is 20.9 Å². The van der Waals surface area contributed by atoms with Crippen LogP contribution in [0, 0.1) is 17.3 Å². The number of nitrogens with one attached hydrogen (secondary N) is 3. The average Bonchev–Trinajstić information content (AvgIpc) is 3.71. The molecular weight excluding hydrogens is 542 g/mol. The maximum Gasteiger partial charge on any atom is 0.289 e. The van der Waals surface area contributed by atoms with Gasteiger partial charge in [-0.25, -0.2) is 4.98 Å². The average molecular weight is 576 g/mol. The fourth-order valence-electron chi connectivity index (χ4n) is 7.19. The predicted octanol–water partition coefficient (Wildman–Crippen LogP) is 2.05. The first-order valence-electron chi connectivity index (χ1n) is 14.6. The zero-order valence-electron chi connectivity index (χ0n) is 22.6. The molecule has 5 aliphatic rings. The molecule has 3 heterocycles. The minimum Gasteiger partial charge on any atom is -0.356 e. The van der Waals surface area contributed by atoms with Gasteiger partial charge in [-0.05, 0) is 62.7 Å². The van der Waals surface area contributed by atoms with Crippen LogP contribution < -0.4 is 16.0 Å². The molecular formula is C30H33N5O5S. The third-order valence-electron chi connectivity index (χ3n) is 9.63. The number of carbonyl (C=O) groups excluding carboxylic acids is 5. The van der Waals surface area contributed by atoms with Crippen LogP contribution in [0.25, 0.3) is 11.3 Å². The van der Waals surface area contributed by atoms with Crippen molar-refractivity contribution < 1.29 is 24.0 Å². The number of carbonyl (C=O) groups is 5. The van der Waals surface area contributed by atoms with Crippen LogP contribution in [-0.4, -0.2) is 70.0 Å². The van der Waals surface area contributed by atoms with E-state index < -0.39 is 35.6 Å². The lowest BCUT2D eigenvalue weighted by atomic mass is 9.83. The molecule has 1 spiro atoms. The third-order valence-corrected chi connectivity index (χ3v) is 10.5. The summed E-state index contributed by atoms with van der Waals surface area (Å²) in [4.78, 5) is 72.6. The number of aromatic nitrogens is 1. The molecule has 3 aliphatic carbocycles. The largest absolute Gasteiger partial charge is 0.356 e. The number of hydrogen-bond acceptors (Lipinski definition) is 7. The molecule has 3 saturated carbocycles. The van der Waals surface area contributed by atoms with Crippen LogP contribution in [0.4, 0.5) is 0 Å². The Kier molecular flexibility index (Phi) is 6.44. The van der Waals surface area contributed by atoms with Crippen molar-refractivity contribution >= 4 is 40.7 Å². The molecule has 4 amide bonds. The van der Waals surface area contributed by atoms with Gasteiger partial charge in [0.25, 0.3) is 11.8 Å². The quantitative estimate of drug-likeness (QED) is 0.392. The van der Waals surface area contributed by atoms with Gasteiger partial charge in [-0.3, -0.25) is 24.0 Å². The van der Waals surface area contributed by atoms with Gasteiger partial charge in [-0.2, -0.15) is 0 Å². The van der Waals surface area contributed by atoms with Gasteiger partial charge >= 0.3 is 0 Å². The van der Waals surface area contributed by atoms with Gasteiger partial charge in [0.15, 0.2) is 5.01 Å². The molecule has 41 heavy (non-hydrogen) atoms. The molecule has 1 aromatic carbocycles. The summed E-state index contributed by atoms with van der Waals surface area (Å²) in [6.07, 6.45) is 5.93. The molecule has 214 valence electrons. The lowest BCUT2D eigenvalue weighted by Gasteiger charge is -2.38. The van der Waals surface area contributed by atoms with Crippen LogP contribution in [0.2, 0.25) is 0 Å². The SMILES string of the molecule is O=C(NC1CC1)C(=O)C(C[C@@H]1CCNC1=O)NC(=O)[C@@H]1[C@@H]2C[C@@H](CC23CC3)N1C(=O)c1nc(-c2ccccc2)cs1. The number of Topliss-reactive ketones (excluding diaryl/α,β-unsaturated/α-hetero) is 1. The second kappa shape index (κ2) is 10.0. The summed E-state index contributed by atoms with van der Waals surface area (Å²) in [5, 5.41) is 10.5. The lowest BCUT2D eigenvalue weighted by Crippen LogP contribution is -2.58. The minimum atomic E-state index is -1.13. The van der Waals surface area contributed by atoms with Crippen molar-refractivity contribution in [2.45, 2.75) is 75.5 Å². The highest BCUT2D eigenvalue weighted by Gasteiger charge is 2.67. The zero-order chi connectivity index (χ0) is 28.3. The van der Waals surface area contributed by atoms with Crippen molar-refractivity contribution in [3.8, 4) is 11.3 Å². The Balaban J connectivity index is 1.14. The summed E-state index contributed by atoms with van der Waals surface area (Å²) in [6.45, 7) is 0.503. The van der Waals surface area contributed by atoms with Gasteiger partial charge in [0, 0.05) is 35.5 Å². The van der Waals surface area contributed by atoms with E-state index in [1.54, 1.807) is 4.90 Å². The van der Waals surface area contributed by atoms with Gasteiger partial charge in [0.1, 0.15) is 6.04 Å². The second-order valence-corrected chi connectivity index (χ2v) is 13.2. The van der Waals surface area contributed by atoms with Gasteiger partial charge in [-0.15, -0.1) is 11.3 Å². The number of thiazole rings is 1. The van der Waals surface area contributed by atoms with Gasteiger partial charge in [-0.1, -0.05) is 30.3 Å². The summed E-state index contributed by atoms with van der Waals surface area (Å²) < 4.78 is 0. The van der Waals surface area contributed by atoms with Crippen LogP contribution >= 0.6 is 11.3 Å². The van der Waals surface area contributed by atoms with Crippen LogP contribution in [0.1, 0.15) is 61.2 Å². The van der Waals surface area contributed by atoms with E-state index in [-0.39, 0.29) is 41.7 Å². The van der Waals surface area contributed by atoms with E-state index in [1.165, 1.54) is 11.3 Å². The van der Waals surface area contributed by atoms with Crippen LogP contribution in [0.3, 0.4) is 0 Å². The molecule has 0 radical (unpaired) electrons. The first-order chi connectivity index (χ1) is 19.8. The molecule has 3 N–H and O–H groups in total. The molecule has 2 saturated heterocycles. The Morgan fingerprint density at radius 3 is 2.59 bits per heavy atom. The van der Waals surface area contributed by atoms with E-state index in [9.17, 15) is 24.0 Å². The van der Waals surface area contributed by atoms with Crippen LogP contribution in [0.5, 0.6) is 0 Å². The van der Waals surface area contributed by atoms with Crippen molar-refractivity contribution in [2.24, 2.45) is 17.3 Å². The van der Waals surface area contributed by atoms with Crippen molar-refractivity contribution in [2.75, 3.05) is 6.54 Å². The summed E-state index contributed by atoms with van der Waals surface area (Å²) >= 11 is 1.27. The van der Waals surface area contributed by atoms with Gasteiger partial charge in [0.2, 0.25) is 17.6 Å². The van der Waals surface area contributed by atoms with E-state index >= 15 is 0 Å². The molecule has 2 bridgehead atoms. The molecule has 7 rings (SSSR count). The topological polar surface area (TPSA) is 138 Å². The first-order valence-corrected chi connectivity index (χ1v) is 15.5. The Labute approximate surface area is 241 Å². The van der Waals surface area contributed by atoms with E-state index in [0.717, 1.165) is 44.1 Å². The number of fused-ring (bicyclic) bond motifs is 3. The Hall–Kier alpha value is -3.60. The number of likely N-dealkylation sites (tertiary alicyclic amines) is 1. The van der Waals surface area contributed by atoms with Crippen molar-refractivity contribution in [1.82, 2.24) is 25.8 Å². The van der Waals surface area contributed by atoms with Crippen LogP contribution in [0.15, 0.2) is 35.7 Å². The summed E-state index contributed by atoms with van der Waals surface area (Å²) in [6, 6.07) is 7.69. The van der Waals surface area contributed by atoms with Crippen LogP contribution in [-0.2, 0) is 19.2 Å². The Morgan fingerprint density at radius 1 is 1.12 bits per heavy atom. The molecule has 10 nitrogen and oxygen atoms in total. The summed E-state index contributed by atoms with van der Waals surface area (Å²) in [5.74, 6) is -2.80. The number of piperidine rings is 1. The van der Waals surface area contributed by atoms with Crippen molar-refractivity contribution in [3.05, 3.63) is 40.7 Å². The zero-order valence-corrected chi connectivity index (χ0v) is 23.5. The normalized spacial score (nSPS) is 27.9. The predicted molar refractivity (Wildman–Crippen MR) is 150 cm³/mol. The molecule has 1 aromatic heterocycles. The van der Waals surface area contributed by atoms with Gasteiger partial charge in [0.05, 0.1) is 11.7 Å². The molecule has 5 fully saturated rings. The number of nitrogens with zero attached hydrogens (tertiary/aromatic N) is 2. The lowest BCUT2D eigenvalue weighted by molar-refractivity contribution is -0.141. The Bertz CT molecular complexity index is 1420. The summed E-state index contributed by atoms with van der Waals surface area (Å²) in [7, 11) is 0. The highest BCUT2D eigenvalue weighted by molar-refractivity contribution is 7.12. The molecule has 11 heteroatoms. The summed E-state index contributed by atoms with van der Waals surface area (Å²) in [5.41, 5.74) is 1.69. The van der Waals surface area contributed by atoms with Crippen molar-refractivity contribution in [3.63, 3.8) is 0 Å². The highest BCUT2D eigenvalue weighted by atomic mass is 32.1. The number of benzene rings is 1. The van der Waals surface area contributed by atoms with E-state index in [2.05, 4.69) is 20.9 Å². The maximum absolute atomic E-state index is 14.0. The van der Waals surface area contributed by atoms with Crippen molar-refractivity contribution in [1.29, 1.82) is 0 Å². The third kappa shape index (κ3) is 4.83. The van der Waals surface area contributed by atoms with E-state index in [1.807, 2.05) is 35.7 Å². The minimum absolute atomic E-state index is 0.00386. The fourth-order valence-corrected chi connectivity index (χ4v) is 7.96.